The smallest absolute Gasteiger partial charge is 0.292 e. The van der Waals surface area contributed by atoms with E-state index in [4.69, 9.17) is 20.9 Å². The van der Waals surface area contributed by atoms with Gasteiger partial charge >= 0.3 is 0 Å². The molecule has 27 heavy (non-hydrogen) atoms. The van der Waals surface area contributed by atoms with Gasteiger partial charge in [0, 0.05) is 23.2 Å². The van der Waals surface area contributed by atoms with Gasteiger partial charge in [-0.2, -0.15) is 0 Å². The first-order valence-electron chi connectivity index (χ1n) is 8.84. The summed E-state index contributed by atoms with van der Waals surface area (Å²) in [7, 11) is 1.62. The van der Waals surface area contributed by atoms with E-state index in [0.717, 1.165) is 29.7 Å². The minimum atomic E-state index is -0.162. The number of aromatic nitrogens is 1. The number of rotatable bonds is 4. The summed E-state index contributed by atoms with van der Waals surface area (Å²) < 4.78 is 10.5. The van der Waals surface area contributed by atoms with Crippen molar-refractivity contribution in [1.29, 1.82) is 0 Å². The van der Waals surface area contributed by atoms with Gasteiger partial charge in [-0.3, -0.25) is 4.79 Å². The van der Waals surface area contributed by atoms with Gasteiger partial charge in [0.2, 0.25) is 5.76 Å². The van der Waals surface area contributed by atoms with Crippen LogP contribution in [0.15, 0.2) is 59.1 Å². The molecule has 0 radical (unpaired) electrons. The zero-order valence-corrected chi connectivity index (χ0v) is 15.6. The van der Waals surface area contributed by atoms with Crippen molar-refractivity contribution in [1.82, 2.24) is 10.1 Å². The lowest BCUT2D eigenvalue weighted by atomic mass is 10.0. The lowest BCUT2D eigenvalue weighted by Crippen LogP contribution is -2.30. The van der Waals surface area contributed by atoms with Crippen LogP contribution in [0.1, 0.15) is 35.0 Å². The number of amides is 1. The highest BCUT2D eigenvalue weighted by atomic mass is 35.5. The number of halogens is 1. The van der Waals surface area contributed by atoms with Crippen LogP contribution >= 0.6 is 11.6 Å². The summed E-state index contributed by atoms with van der Waals surface area (Å²) in [5, 5.41) is 4.74. The highest BCUT2D eigenvalue weighted by molar-refractivity contribution is 6.31. The third-order valence-corrected chi connectivity index (χ3v) is 5.23. The maximum absolute atomic E-state index is 13.0. The zero-order chi connectivity index (χ0) is 18.8. The van der Waals surface area contributed by atoms with E-state index in [9.17, 15) is 4.79 Å². The molecule has 1 atom stereocenters. The molecule has 1 aromatic heterocycles. The maximum Gasteiger partial charge on any atom is 0.292 e. The van der Waals surface area contributed by atoms with Crippen LogP contribution in [-0.2, 0) is 0 Å². The minimum absolute atomic E-state index is 0.0410. The Kier molecular flexibility index (Phi) is 4.86. The van der Waals surface area contributed by atoms with Gasteiger partial charge in [-0.05, 0) is 48.7 Å². The van der Waals surface area contributed by atoms with Crippen molar-refractivity contribution in [3.8, 4) is 17.0 Å². The Hall–Kier alpha value is -2.79. The fourth-order valence-corrected chi connectivity index (χ4v) is 3.76. The summed E-state index contributed by atoms with van der Waals surface area (Å²) in [6, 6.07) is 16.8. The average Bonchev–Trinajstić information content (AvgIpc) is 3.38. The Balaban J connectivity index is 1.57. The van der Waals surface area contributed by atoms with E-state index >= 15 is 0 Å². The van der Waals surface area contributed by atoms with Crippen LogP contribution in [0.3, 0.4) is 0 Å². The molecule has 0 unspecified atom stereocenters. The average molecular weight is 383 g/mol. The second-order valence-corrected chi connectivity index (χ2v) is 6.89. The van der Waals surface area contributed by atoms with Gasteiger partial charge in [-0.25, -0.2) is 0 Å². The molecule has 3 aromatic rings. The van der Waals surface area contributed by atoms with E-state index in [1.807, 2.05) is 53.4 Å². The second kappa shape index (κ2) is 7.45. The number of benzene rings is 2. The van der Waals surface area contributed by atoms with Crippen LogP contribution in [0.2, 0.25) is 5.02 Å². The Morgan fingerprint density at radius 1 is 1.22 bits per heavy atom. The number of carbonyl (C=O) groups excluding carboxylic acids is 1. The minimum Gasteiger partial charge on any atom is -0.497 e. The number of nitrogens with zero attached hydrogens (tertiary/aromatic N) is 2. The van der Waals surface area contributed by atoms with Crippen molar-refractivity contribution in [2.45, 2.75) is 18.9 Å². The van der Waals surface area contributed by atoms with Crippen LogP contribution in [0, 0.1) is 0 Å². The zero-order valence-electron chi connectivity index (χ0n) is 14.9. The third kappa shape index (κ3) is 3.43. The molecule has 1 aliphatic rings. The molecule has 1 saturated heterocycles. The van der Waals surface area contributed by atoms with Gasteiger partial charge < -0.3 is 14.2 Å². The number of ether oxygens (including phenoxy) is 1. The number of hydrogen-bond donors (Lipinski definition) is 0. The van der Waals surface area contributed by atoms with Crippen LogP contribution in [0.4, 0.5) is 0 Å². The summed E-state index contributed by atoms with van der Waals surface area (Å²) >= 11 is 6.35. The largest absolute Gasteiger partial charge is 0.497 e. The van der Waals surface area contributed by atoms with Crippen LogP contribution in [0.5, 0.6) is 5.75 Å². The molecule has 2 heterocycles. The highest BCUT2D eigenvalue weighted by Crippen LogP contribution is 2.36. The quantitative estimate of drug-likeness (QED) is 0.638. The number of carbonyl (C=O) groups is 1. The molecule has 5 nitrogen and oxygen atoms in total. The molecule has 138 valence electrons. The van der Waals surface area contributed by atoms with Crippen LogP contribution in [-0.4, -0.2) is 29.6 Å². The van der Waals surface area contributed by atoms with Gasteiger partial charge in [0.15, 0.2) is 0 Å². The van der Waals surface area contributed by atoms with Crippen molar-refractivity contribution in [2.24, 2.45) is 0 Å². The van der Waals surface area contributed by atoms with Gasteiger partial charge in [0.25, 0.3) is 5.91 Å². The Labute approximate surface area is 162 Å². The maximum atomic E-state index is 13.0. The first-order valence-corrected chi connectivity index (χ1v) is 9.21. The van der Waals surface area contributed by atoms with E-state index in [0.29, 0.717) is 17.3 Å². The van der Waals surface area contributed by atoms with Crippen molar-refractivity contribution in [3.63, 3.8) is 0 Å². The predicted molar refractivity (Wildman–Crippen MR) is 103 cm³/mol. The lowest BCUT2D eigenvalue weighted by molar-refractivity contribution is 0.0693. The molecule has 6 heteroatoms. The summed E-state index contributed by atoms with van der Waals surface area (Å²) in [5.74, 6) is 0.836. The van der Waals surface area contributed by atoms with Crippen LogP contribution < -0.4 is 4.74 Å². The third-order valence-electron chi connectivity index (χ3n) is 4.88. The molecule has 0 aliphatic carbocycles. The lowest BCUT2D eigenvalue weighted by Gasteiger charge is -2.24. The summed E-state index contributed by atoms with van der Waals surface area (Å²) in [4.78, 5) is 14.8. The molecule has 1 fully saturated rings. The Morgan fingerprint density at radius 3 is 2.74 bits per heavy atom. The highest BCUT2D eigenvalue weighted by Gasteiger charge is 2.33. The van der Waals surface area contributed by atoms with E-state index in [2.05, 4.69) is 5.16 Å². The fourth-order valence-electron chi connectivity index (χ4n) is 3.49. The first-order chi connectivity index (χ1) is 13.2. The van der Waals surface area contributed by atoms with Gasteiger partial charge in [-0.1, -0.05) is 35.0 Å². The van der Waals surface area contributed by atoms with Gasteiger partial charge in [0.1, 0.15) is 11.4 Å². The van der Waals surface area contributed by atoms with Crippen molar-refractivity contribution in [2.75, 3.05) is 13.7 Å². The number of likely N-dealkylation sites (tertiary alicyclic amines) is 1. The summed E-state index contributed by atoms with van der Waals surface area (Å²) in [6.45, 7) is 0.674. The number of hydrogen-bond acceptors (Lipinski definition) is 4. The Morgan fingerprint density at radius 2 is 2.00 bits per heavy atom. The monoisotopic (exact) mass is 382 g/mol. The van der Waals surface area contributed by atoms with E-state index in [-0.39, 0.29) is 17.7 Å². The molecular formula is C21H19ClN2O3. The standard InChI is InChI=1S/C21H19ClN2O3/c1-26-15-10-8-14(9-11-15)18-13-20(27-23-18)21(25)24-12-4-7-19(24)16-5-2-3-6-17(16)22/h2-3,5-6,8-11,13,19H,4,7,12H2,1H3/t19-/m0/s1. The van der Waals surface area contributed by atoms with Crippen molar-refractivity contribution < 1.29 is 14.1 Å². The predicted octanol–water partition coefficient (Wildman–Crippen LogP) is 4.98. The van der Waals surface area contributed by atoms with Gasteiger partial charge in [0.05, 0.1) is 13.2 Å². The molecule has 0 spiro atoms. The molecule has 0 N–H and O–H groups in total. The van der Waals surface area contributed by atoms with Crippen molar-refractivity contribution >= 4 is 17.5 Å². The Bertz CT molecular complexity index is 952. The van der Waals surface area contributed by atoms with Gasteiger partial charge in [-0.15, -0.1) is 0 Å². The fraction of sp³-hybridized carbons (Fsp3) is 0.238. The SMILES string of the molecule is COc1ccc(-c2cc(C(=O)N3CCC[C@H]3c3ccccc3Cl)on2)cc1. The van der Waals surface area contributed by atoms with E-state index in [1.54, 1.807) is 13.2 Å². The molecule has 1 amide bonds. The molecule has 2 aromatic carbocycles. The molecule has 0 bridgehead atoms. The topological polar surface area (TPSA) is 55.6 Å². The normalized spacial score (nSPS) is 16.5. The van der Waals surface area contributed by atoms with Crippen molar-refractivity contribution in [3.05, 3.63) is 70.9 Å². The molecule has 1 aliphatic heterocycles. The summed E-state index contributed by atoms with van der Waals surface area (Å²) in [5.41, 5.74) is 2.46. The molecular weight excluding hydrogens is 364 g/mol. The first kappa shape index (κ1) is 17.6. The van der Waals surface area contributed by atoms with Crippen LogP contribution in [0.25, 0.3) is 11.3 Å². The number of methoxy groups -OCH3 is 1. The second-order valence-electron chi connectivity index (χ2n) is 6.48. The molecule has 0 saturated carbocycles. The summed E-state index contributed by atoms with van der Waals surface area (Å²) in [6.07, 6.45) is 1.82. The molecule has 4 rings (SSSR count). The van der Waals surface area contributed by atoms with E-state index in [1.165, 1.54) is 0 Å². The van der Waals surface area contributed by atoms with E-state index < -0.39 is 0 Å².